The molecule has 1 atom stereocenters. The first-order valence-electron chi connectivity index (χ1n) is 5.11. The minimum atomic E-state index is -0.175. The number of hydrogen-bond donors (Lipinski definition) is 1. The van der Waals surface area contributed by atoms with E-state index in [-0.39, 0.29) is 6.10 Å². The van der Waals surface area contributed by atoms with Crippen molar-refractivity contribution in [3.05, 3.63) is 11.1 Å². The molecule has 1 N–H and O–H groups in total. The van der Waals surface area contributed by atoms with E-state index in [0.717, 1.165) is 32.3 Å². The van der Waals surface area contributed by atoms with Gasteiger partial charge in [-0.2, -0.15) is 0 Å². The molecule has 0 heterocycles. The fourth-order valence-corrected chi connectivity index (χ4v) is 1.97. The highest BCUT2D eigenvalue weighted by atomic mass is 16.5. The van der Waals surface area contributed by atoms with Crippen molar-refractivity contribution >= 4 is 0 Å². The van der Waals surface area contributed by atoms with Gasteiger partial charge in [-0.05, 0) is 44.6 Å². The zero-order chi connectivity index (χ0) is 9.68. The third-order valence-corrected chi connectivity index (χ3v) is 2.77. The lowest BCUT2D eigenvalue weighted by Crippen LogP contribution is -2.16. The predicted molar refractivity (Wildman–Crippen MR) is 53.7 cm³/mol. The third kappa shape index (κ3) is 3.12. The largest absolute Gasteiger partial charge is 0.389 e. The number of aliphatic hydroxyl groups excluding tert-OH is 1. The molecule has 0 amide bonds. The zero-order valence-corrected chi connectivity index (χ0v) is 8.68. The number of allylic oxidation sites excluding steroid dienone is 1. The minimum absolute atomic E-state index is 0.175. The number of aliphatic hydroxyl groups is 1. The Bertz CT molecular complexity index is 185. The van der Waals surface area contributed by atoms with Crippen LogP contribution in [0, 0.1) is 0 Å². The molecule has 13 heavy (non-hydrogen) atoms. The Morgan fingerprint density at radius 3 is 2.92 bits per heavy atom. The molecule has 0 bridgehead atoms. The maximum Gasteiger partial charge on any atom is 0.0752 e. The van der Waals surface area contributed by atoms with E-state index >= 15 is 0 Å². The van der Waals surface area contributed by atoms with Crippen molar-refractivity contribution in [2.45, 2.75) is 45.1 Å². The van der Waals surface area contributed by atoms with E-state index in [1.165, 1.54) is 17.6 Å². The van der Waals surface area contributed by atoms with Gasteiger partial charge in [0.1, 0.15) is 0 Å². The zero-order valence-electron chi connectivity index (χ0n) is 8.68. The molecule has 2 heteroatoms. The first-order valence-corrected chi connectivity index (χ1v) is 5.11. The predicted octanol–water partition coefficient (Wildman–Crippen LogP) is 2.27. The van der Waals surface area contributed by atoms with Gasteiger partial charge in [0.25, 0.3) is 0 Å². The van der Waals surface area contributed by atoms with Crippen LogP contribution in [0.4, 0.5) is 0 Å². The Balaban J connectivity index is 2.43. The molecule has 1 aliphatic rings. The van der Waals surface area contributed by atoms with Crippen molar-refractivity contribution in [3.8, 4) is 0 Å². The maximum absolute atomic E-state index is 9.74. The van der Waals surface area contributed by atoms with Crippen LogP contribution in [-0.2, 0) is 4.74 Å². The first-order chi connectivity index (χ1) is 6.25. The lowest BCUT2D eigenvalue weighted by atomic mass is 9.88. The van der Waals surface area contributed by atoms with E-state index in [9.17, 15) is 5.11 Å². The molecule has 2 nitrogen and oxygen atoms in total. The van der Waals surface area contributed by atoms with Gasteiger partial charge in [0, 0.05) is 13.7 Å². The van der Waals surface area contributed by atoms with Crippen LogP contribution in [0.1, 0.15) is 39.0 Å². The fourth-order valence-electron chi connectivity index (χ4n) is 1.97. The van der Waals surface area contributed by atoms with Gasteiger partial charge >= 0.3 is 0 Å². The summed E-state index contributed by atoms with van der Waals surface area (Å²) in [5.74, 6) is 0. The third-order valence-electron chi connectivity index (χ3n) is 2.77. The monoisotopic (exact) mass is 184 g/mol. The van der Waals surface area contributed by atoms with Crippen molar-refractivity contribution in [3.63, 3.8) is 0 Å². The SMILES string of the molecule is COCCCC1=C(C)CCCC1O. The summed E-state index contributed by atoms with van der Waals surface area (Å²) in [6, 6.07) is 0. The summed E-state index contributed by atoms with van der Waals surface area (Å²) in [5.41, 5.74) is 2.66. The Hall–Kier alpha value is -0.340. The van der Waals surface area contributed by atoms with Gasteiger partial charge in [0.2, 0.25) is 0 Å². The quantitative estimate of drug-likeness (QED) is 0.536. The molecule has 0 radical (unpaired) electrons. The number of rotatable bonds is 4. The van der Waals surface area contributed by atoms with Gasteiger partial charge in [-0.15, -0.1) is 0 Å². The average molecular weight is 184 g/mol. The van der Waals surface area contributed by atoms with Gasteiger partial charge in [0.05, 0.1) is 6.10 Å². The number of methoxy groups -OCH3 is 1. The normalized spacial score (nSPS) is 23.8. The van der Waals surface area contributed by atoms with E-state index in [1.54, 1.807) is 7.11 Å². The first kappa shape index (κ1) is 10.7. The number of ether oxygens (including phenoxy) is 1. The second-order valence-electron chi connectivity index (χ2n) is 3.81. The second kappa shape index (κ2) is 5.40. The molecule has 0 saturated carbocycles. The fraction of sp³-hybridized carbons (Fsp3) is 0.818. The molecular weight excluding hydrogens is 164 g/mol. The summed E-state index contributed by atoms with van der Waals surface area (Å²) in [6.07, 6.45) is 5.10. The van der Waals surface area contributed by atoms with E-state index in [2.05, 4.69) is 6.92 Å². The van der Waals surface area contributed by atoms with E-state index in [1.807, 2.05) is 0 Å². The van der Waals surface area contributed by atoms with Crippen LogP contribution in [-0.4, -0.2) is 24.9 Å². The van der Waals surface area contributed by atoms with Crippen LogP contribution in [0.3, 0.4) is 0 Å². The number of hydrogen-bond acceptors (Lipinski definition) is 2. The van der Waals surface area contributed by atoms with Crippen LogP contribution in [0.2, 0.25) is 0 Å². The molecule has 76 valence electrons. The van der Waals surface area contributed by atoms with Crippen LogP contribution >= 0.6 is 0 Å². The molecule has 0 aromatic heterocycles. The molecule has 0 aromatic rings. The Morgan fingerprint density at radius 1 is 1.54 bits per heavy atom. The Kier molecular flexibility index (Phi) is 4.46. The molecule has 0 aliphatic heterocycles. The summed E-state index contributed by atoms with van der Waals surface area (Å²) in [7, 11) is 1.72. The van der Waals surface area contributed by atoms with Gasteiger partial charge in [-0.25, -0.2) is 0 Å². The molecule has 1 unspecified atom stereocenters. The van der Waals surface area contributed by atoms with Crippen LogP contribution in [0.15, 0.2) is 11.1 Å². The Labute approximate surface area is 80.6 Å². The average Bonchev–Trinajstić information content (AvgIpc) is 2.10. The van der Waals surface area contributed by atoms with Gasteiger partial charge in [0.15, 0.2) is 0 Å². The molecule has 0 spiro atoms. The smallest absolute Gasteiger partial charge is 0.0752 e. The van der Waals surface area contributed by atoms with Crippen molar-refractivity contribution in [1.29, 1.82) is 0 Å². The van der Waals surface area contributed by atoms with Crippen molar-refractivity contribution in [1.82, 2.24) is 0 Å². The highest BCUT2D eigenvalue weighted by Gasteiger charge is 2.17. The summed E-state index contributed by atoms with van der Waals surface area (Å²) in [6.45, 7) is 2.94. The van der Waals surface area contributed by atoms with Crippen LogP contribution in [0.5, 0.6) is 0 Å². The molecule has 0 saturated heterocycles. The summed E-state index contributed by atoms with van der Waals surface area (Å²) in [5, 5.41) is 9.74. The second-order valence-corrected chi connectivity index (χ2v) is 3.81. The van der Waals surface area contributed by atoms with Crippen molar-refractivity contribution in [2.24, 2.45) is 0 Å². The van der Waals surface area contributed by atoms with Gasteiger partial charge < -0.3 is 9.84 Å². The van der Waals surface area contributed by atoms with Crippen molar-refractivity contribution in [2.75, 3.05) is 13.7 Å². The van der Waals surface area contributed by atoms with Crippen LogP contribution in [0.25, 0.3) is 0 Å². The lowest BCUT2D eigenvalue weighted by Gasteiger charge is -2.23. The molecular formula is C11H20O2. The van der Waals surface area contributed by atoms with E-state index in [0.29, 0.717) is 0 Å². The summed E-state index contributed by atoms with van der Waals surface area (Å²) in [4.78, 5) is 0. The minimum Gasteiger partial charge on any atom is -0.389 e. The Morgan fingerprint density at radius 2 is 2.31 bits per heavy atom. The maximum atomic E-state index is 9.74. The highest BCUT2D eigenvalue weighted by molar-refractivity contribution is 5.19. The lowest BCUT2D eigenvalue weighted by molar-refractivity contribution is 0.171. The highest BCUT2D eigenvalue weighted by Crippen LogP contribution is 2.27. The molecule has 0 aromatic carbocycles. The molecule has 1 aliphatic carbocycles. The van der Waals surface area contributed by atoms with E-state index in [4.69, 9.17) is 4.74 Å². The van der Waals surface area contributed by atoms with Gasteiger partial charge in [-0.1, -0.05) is 5.57 Å². The van der Waals surface area contributed by atoms with Gasteiger partial charge in [-0.3, -0.25) is 0 Å². The van der Waals surface area contributed by atoms with E-state index < -0.39 is 0 Å². The topological polar surface area (TPSA) is 29.5 Å². The van der Waals surface area contributed by atoms with Crippen LogP contribution < -0.4 is 0 Å². The molecule has 0 fully saturated rings. The summed E-state index contributed by atoms with van der Waals surface area (Å²) < 4.78 is 5.00. The standard InChI is InChI=1S/C11H20O2/c1-9-5-3-7-11(12)10(9)6-4-8-13-2/h11-12H,3-8H2,1-2H3. The summed E-state index contributed by atoms with van der Waals surface area (Å²) >= 11 is 0. The molecule has 1 rings (SSSR count). The van der Waals surface area contributed by atoms with Crippen molar-refractivity contribution < 1.29 is 9.84 Å².